The van der Waals surface area contributed by atoms with Crippen molar-refractivity contribution in [2.24, 2.45) is 7.05 Å². The van der Waals surface area contributed by atoms with E-state index in [1.54, 1.807) is 12.3 Å². The Balaban J connectivity index is 2.72. The van der Waals surface area contributed by atoms with Crippen LogP contribution in [-0.2, 0) is 23.6 Å². The van der Waals surface area contributed by atoms with E-state index in [1.165, 1.54) is 0 Å². The quantitative estimate of drug-likeness (QED) is 0.705. The van der Waals surface area contributed by atoms with Crippen molar-refractivity contribution in [3.8, 4) is 0 Å². The van der Waals surface area contributed by atoms with E-state index in [2.05, 4.69) is 10.0 Å². The fourth-order valence-electron chi connectivity index (χ4n) is 1.64. The minimum Gasteiger partial charge on any atom is -0.352 e. The molecule has 0 fully saturated rings. The molecule has 0 saturated carbocycles. The van der Waals surface area contributed by atoms with Crippen molar-refractivity contribution in [2.75, 3.05) is 33.7 Å². The van der Waals surface area contributed by atoms with Crippen LogP contribution < -0.4 is 10.0 Å². The summed E-state index contributed by atoms with van der Waals surface area (Å²) in [6, 6.07) is 1.71. The van der Waals surface area contributed by atoms with E-state index in [0.29, 0.717) is 24.5 Å². The number of aryl methyl sites for hydroxylation is 1. The lowest BCUT2D eigenvalue weighted by Crippen LogP contribution is -2.31. The van der Waals surface area contributed by atoms with Crippen LogP contribution in [0.4, 0.5) is 0 Å². The third-order valence-corrected chi connectivity index (χ3v) is 4.23. The van der Waals surface area contributed by atoms with E-state index < -0.39 is 10.0 Å². The molecule has 0 spiro atoms. The number of nitrogens with zero attached hydrogens (tertiary/aromatic N) is 2. The Hall–Kier alpha value is -0.890. The van der Waals surface area contributed by atoms with Gasteiger partial charge < -0.3 is 14.8 Å². The first-order chi connectivity index (χ1) is 8.86. The molecule has 0 atom stereocenters. The number of nitrogens with one attached hydrogen (secondary N) is 2. The first-order valence-electron chi connectivity index (χ1n) is 6.37. The largest absolute Gasteiger partial charge is 0.352 e. The summed E-state index contributed by atoms with van der Waals surface area (Å²) in [6.45, 7) is 4.63. The van der Waals surface area contributed by atoms with Crippen molar-refractivity contribution < 1.29 is 8.42 Å². The third-order valence-electron chi connectivity index (χ3n) is 2.80. The molecule has 0 radical (unpaired) electrons. The second kappa shape index (κ2) is 7.04. The highest BCUT2D eigenvalue weighted by Crippen LogP contribution is 2.13. The van der Waals surface area contributed by atoms with Crippen LogP contribution in [0.15, 0.2) is 17.2 Å². The Morgan fingerprint density at radius 3 is 2.63 bits per heavy atom. The Labute approximate surface area is 115 Å². The lowest BCUT2D eigenvalue weighted by atomic mass is 10.4. The summed E-state index contributed by atoms with van der Waals surface area (Å²) in [4.78, 5) is 2.26. The molecule has 6 nitrogen and oxygen atoms in total. The smallest absolute Gasteiger partial charge is 0.242 e. The van der Waals surface area contributed by atoms with E-state index in [4.69, 9.17) is 0 Å². The van der Waals surface area contributed by atoms with Crippen LogP contribution in [0.5, 0.6) is 0 Å². The van der Waals surface area contributed by atoms with Crippen molar-refractivity contribution in [3.05, 3.63) is 18.0 Å². The van der Waals surface area contributed by atoms with Gasteiger partial charge in [0.05, 0.1) is 4.90 Å². The van der Waals surface area contributed by atoms with Gasteiger partial charge in [0, 0.05) is 38.6 Å². The average molecular weight is 288 g/mol. The number of sulfonamides is 1. The zero-order valence-electron chi connectivity index (χ0n) is 12.1. The zero-order chi connectivity index (χ0) is 14.5. The molecule has 0 aliphatic rings. The molecule has 1 rings (SSSR count). The predicted molar refractivity (Wildman–Crippen MR) is 76.5 cm³/mol. The maximum absolute atomic E-state index is 12.1. The SMILES string of the molecule is CCNCc1cc(S(=O)(=O)NCCN(C)C)cn1C. The predicted octanol–water partition coefficient (Wildman–Crippen LogP) is -0.0255. The molecule has 0 saturated heterocycles. The van der Waals surface area contributed by atoms with Crippen molar-refractivity contribution in [1.82, 2.24) is 19.5 Å². The Kier molecular flexibility index (Phi) is 5.99. The molecule has 110 valence electrons. The molecule has 0 aromatic carbocycles. The van der Waals surface area contributed by atoms with Crippen molar-refractivity contribution in [3.63, 3.8) is 0 Å². The van der Waals surface area contributed by atoms with E-state index in [0.717, 1.165) is 12.2 Å². The van der Waals surface area contributed by atoms with Gasteiger partial charge in [-0.2, -0.15) is 0 Å². The number of hydrogen-bond acceptors (Lipinski definition) is 4. The number of aromatic nitrogens is 1. The fourth-order valence-corrected chi connectivity index (χ4v) is 2.75. The molecular weight excluding hydrogens is 264 g/mol. The van der Waals surface area contributed by atoms with Crippen LogP contribution in [0, 0.1) is 0 Å². The number of hydrogen-bond donors (Lipinski definition) is 2. The van der Waals surface area contributed by atoms with Crippen molar-refractivity contribution in [2.45, 2.75) is 18.4 Å². The molecular formula is C12H24N4O2S. The second-order valence-corrected chi connectivity index (χ2v) is 6.53. The Bertz CT molecular complexity index is 494. The van der Waals surface area contributed by atoms with Crippen LogP contribution in [0.25, 0.3) is 0 Å². The highest BCUT2D eigenvalue weighted by Gasteiger charge is 2.16. The Morgan fingerprint density at radius 1 is 1.37 bits per heavy atom. The van der Waals surface area contributed by atoms with Crippen LogP contribution in [-0.4, -0.2) is 51.6 Å². The van der Waals surface area contributed by atoms with Gasteiger partial charge in [-0.15, -0.1) is 0 Å². The van der Waals surface area contributed by atoms with Gasteiger partial charge in [0.2, 0.25) is 10.0 Å². The minimum atomic E-state index is -3.41. The molecule has 2 N–H and O–H groups in total. The highest BCUT2D eigenvalue weighted by atomic mass is 32.2. The lowest BCUT2D eigenvalue weighted by molar-refractivity contribution is 0.412. The number of rotatable bonds is 8. The lowest BCUT2D eigenvalue weighted by Gasteiger charge is -2.10. The van der Waals surface area contributed by atoms with Gasteiger partial charge in [0.25, 0.3) is 0 Å². The molecule has 0 unspecified atom stereocenters. The van der Waals surface area contributed by atoms with Crippen molar-refractivity contribution >= 4 is 10.0 Å². The van der Waals surface area contributed by atoms with Gasteiger partial charge in [-0.25, -0.2) is 13.1 Å². The monoisotopic (exact) mass is 288 g/mol. The standard InChI is InChI=1S/C12H24N4O2S/c1-5-13-9-11-8-12(10-16(11)4)19(17,18)14-6-7-15(2)3/h8,10,13-14H,5-7,9H2,1-4H3. The third kappa shape index (κ3) is 4.94. The normalized spacial score (nSPS) is 12.3. The van der Waals surface area contributed by atoms with Gasteiger partial charge in [0.15, 0.2) is 0 Å². The van der Waals surface area contributed by atoms with Crippen LogP contribution >= 0.6 is 0 Å². The topological polar surface area (TPSA) is 66.4 Å². The molecule has 0 aliphatic carbocycles. The highest BCUT2D eigenvalue weighted by molar-refractivity contribution is 7.89. The van der Waals surface area contributed by atoms with Crippen LogP contribution in [0.2, 0.25) is 0 Å². The van der Waals surface area contributed by atoms with E-state index >= 15 is 0 Å². The summed E-state index contributed by atoms with van der Waals surface area (Å²) in [5.41, 5.74) is 0.954. The first-order valence-corrected chi connectivity index (χ1v) is 7.85. The molecule has 0 bridgehead atoms. The summed E-state index contributed by atoms with van der Waals surface area (Å²) in [5.74, 6) is 0. The molecule has 7 heteroatoms. The van der Waals surface area contributed by atoms with E-state index in [-0.39, 0.29) is 0 Å². The molecule has 0 amide bonds. The zero-order valence-corrected chi connectivity index (χ0v) is 12.9. The number of likely N-dealkylation sites (N-methyl/N-ethyl adjacent to an activating group) is 1. The van der Waals surface area contributed by atoms with Crippen molar-refractivity contribution in [1.29, 1.82) is 0 Å². The summed E-state index contributed by atoms with van der Waals surface area (Å²) in [7, 11) is 2.26. The molecule has 1 aromatic rings. The van der Waals surface area contributed by atoms with Gasteiger partial charge in [-0.3, -0.25) is 0 Å². The van der Waals surface area contributed by atoms with E-state index in [9.17, 15) is 8.42 Å². The van der Waals surface area contributed by atoms with Crippen LogP contribution in [0.1, 0.15) is 12.6 Å². The molecule has 1 heterocycles. The average Bonchev–Trinajstić information content (AvgIpc) is 2.68. The second-order valence-electron chi connectivity index (χ2n) is 4.76. The van der Waals surface area contributed by atoms with Crippen LogP contribution in [0.3, 0.4) is 0 Å². The molecule has 0 aliphatic heterocycles. The van der Waals surface area contributed by atoms with Gasteiger partial charge in [0.1, 0.15) is 0 Å². The summed E-state index contributed by atoms with van der Waals surface area (Å²) >= 11 is 0. The fraction of sp³-hybridized carbons (Fsp3) is 0.667. The Morgan fingerprint density at radius 2 is 2.05 bits per heavy atom. The summed E-state index contributed by atoms with van der Waals surface area (Å²) in [5, 5.41) is 3.19. The maximum Gasteiger partial charge on any atom is 0.242 e. The molecule has 1 aromatic heterocycles. The summed E-state index contributed by atoms with van der Waals surface area (Å²) < 4.78 is 28.6. The summed E-state index contributed by atoms with van der Waals surface area (Å²) in [6.07, 6.45) is 1.64. The maximum atomic E-state index is 12.1. The van der Waals surface area contributed by atoms with Gasteiger partial charge in [-0.1, -0.05) is 6.92 Å². The minimum absolute atomic E-state index is 0.321. The first kappa shape index (κ1) is 16.2. The van der Waals surface area contributed by atoms with E-state index in [1.807, 2.05) is 37.5 Å². The van der Waals surface area contributed by atoms with Gasteiger partial charge in [-0.05, 0) is 26.7 Å². The van der Waals surface area contributed by atoms with Gasteiger partial charge >= 0.3 is 0 Å². The molecule has 19 heavy (non-hydrogen) atoms.